The molecule has 1 aromatic rings. The van der Waals surface area contributed by atoms with E-state index < -0.39 is 0 Å². The van der Waals surface area contributed by atoms with Crippen molar-refractivity contribution in [3.63, 3.8) is 0 Å². The topological polar surface area (TPSA) is 30.5 Å². The van der Waals surface area contributed by atoms with Gasteiger partial charge in [-0.05, 0) is 24.6 Å². The third-order valence-electron chi connectivity index (χ3n) is 3.28. The average molecular weight is 219 g/mol. The second-order valence-electron chi connectivity index (χ2n) is 4.54. The first-order valence-electron chi connectivity index (χ1n) is 5.95. The van der Waals surface area contributed by atoms with Gasteiger partial charge in [-0.3, -0.25) is 0 Å². The van der Waals surface area contributed by atoms with Crippen LogP contribution in [0.15, 0.2) is 18.2 Å². The SMILES string of the molecule is c1cc2c(c(OCC3COC3)c1)CNCC2. The van der Waals surface area contributed by atoms with E-state index in [1.54, 1.807) is 0 Å². The Morgan fingerprint density at radius 2 is 2.31 bits per heavy atom. The van der Waals surface area contributed by atoms with E-state index in [1.807, 2.05) is 0 Å². The van der Waals surface area contributed by atoms with Crippen molar-refractivity contribution in [2.75, 3.05) is 26.4 Å². The molecule has 0 saturated carbocycles. The summed E-state index contributed by atoms with van der Waals surface area (Å²) in [6.07, 6.45) is 1.11. The van der Waals surface area contributed by atoms with Crippen molar-refractivity contribution in [3.8, 4) is 5.75 Å². The van der Waals surface area contributed by atoms with Crippen molar-refractivity contribution in [2.24, 2.45) is 5.92 Å². The zero-order chi connectivity index (χ0) is 10.8. The number of benzene rings is 1. The van der Waals surface area contributed by atoms with Crippen molar-refractivity contribution in [3.05, 3.63) is 29.3 Å². The number of fused-ring (bicyclic) bond motifs is 1. The highest BCUT2D eigenvalue weighted by Crippen LogP contribution is 2.26. The van der Waals surface area contributed by atoms with Gasteiger partial charge in [0.2, 0.25) is 0 Å². The minimum absolute atomic E-state index is 0.590. The molecule has 0 amide bonds. The Kier molecular flexibility index (Phi) is 2.80. The number of hydrogen-bond acceptors (Lipinski definition) is 3. The van der Waals surface area contributed by atoms with Crippen LogP contribution in [0.25, 0.3) is 0 Å². The molecule has 3 nitrogen and oxygen atoms in total. The van der Waals surface area contributed by atoms with E-state index in [9.17, 15) is 0 Å². The van der Waals surface area contributed by atoms with Gasteiger partial charge < -0.3 is 14.8 Å². The molecule has 0 aliphatic carbocycles. The molecule has 1 aromatic carbocycles. The van der Waals surface area contributed by atoms with E-state index in [-0.39, 0.29) is 0 Å². The standard InChI is InChI=1S/C13H17NO2/c1-2-11-4-5-14-6-12(11)13(3-1)16-9-10-7-15-8-10/h1-3,10,14H,4-9H2. The Morgan fingerprint density at radius 1 is 1.38 bits per heavy atom. The molecule has 0 spiro atoms. The van der Waals surface area contributed by atoms with Crippen LogP contribution in [0.3, 0.4) is 0 Å². The monoisotopic (exact) mass is 219 g/mol. The van der Waals surface area contributed by atoms with E-state index in [0.29, 0.717) is 5.92 Å². The highest BCUT2D eigenvalue weighted by atomic mass is 16.5. The van der Waals surface area contributed by atoms with E-state index >= 15 is 0 Å². The van der Waals surface area contributed by atoms with Gasteiger partial charge in [0.05, 0.1) is 19.8 Å². The first kappa shape index (κ1) is 10.1. The lowest BCUT2D eigenvalue weighted by atomic mass is 10.0. The lowest BCUT2D eigenvalue weighted by Gasteiger charge is -2.27. The van der Waals surface area contributed by atoms with Crippen LogP contribution in [-0.2, 0) is 17.7 Å². The van der Waals surface area contributed by atoms with Crippen molar-refractivity contribution < 1.29 is 9.47 Å². The predicted molar refractivity (Wildman–Crippen MR) is 61.7 cm³/mol. The third-order valence-corrected chi connectivity index (χ3v) is 3.28. The van der Waals surface area contributed by atoms with Crippen molar-refractivity contribution in [1.29, 1.82) is 0 Å². The van der Waals surface area contributed by atoms with Crippen LogP contribution in [0.4, 0.5) is 0 Å². The predicted octanol–water partition coefficient (Wildman–Crippen LogP) is 1.36. The summed E-state index contributed by atoms with van der Waals surface area (Å²) in [5.74, 6) is 1.64. The van der Waals surface area contributed by atoms with Crippen LogP contribution < -0.4 is 10.1 Å². The number of nitrogens with one attached hydrogen (secondary N) is 1. The number of hydrogen-bond donors (Lipinski definition) is 1. The minimum Gasteiger partial charge on any atom is -0.493 e. The molecule has 1 N–H and O–H groups in total. The normalized spacial score (nSPS) is 20.0. The maximum absolute atomic E-state index is 5.89. The largest absolute Gasteiger partial charge is 0.493 e. The van der Waals surface area contributed by atoms with Gasteiger partial charge in [-0.2, -0.15) is 0 Å². The van der Waals surface area contributed by atoms with Crippen LogP contribution in [0, 0.1) is 5.92 Å². The quantitative estimate of drug-likeness (QED) is 0.832. The molecule has 2 aliphatic heterocycles. The van der Waals surface area contributed by atoms with Gasteiger partial charge >= 0.3 is 0 Å². The molecule has 16 heavy (non-hydrogen) atoms. The van der Waals surface area contributed by atoms with Gasteiger partial charge in [-0.1, -0.05) is 12.1 Å². The fourth-order valence-electron chi connectivity index (χ4n) is 2.21. The van der Waals surface area contributed by atoms with Crippen LogP contribution in [0.2, 0.25) is 0 Å². The van der Waals surface area contributed by atoms with Crippen LogP contribution in [0.5, 0.6) is 5.75 Å². The molecule has 2 heterocycles. The fraction of sp³-hybridized carbons (Fsp3) is 0.538. The molecule has 3 heteroatoms. The molecule has 2 aliphatic rings. The van der Waals surface area contributed by atoms with Gasteiger partial charge in [0.1, 0.15) is 5.75 Å². The molecule has 0 radical (unpaired) electrons. The third kappa shape index (κ3) is 1.93. The highest BCUT2D eigenvalue weighted by Gasteiger charge is 2.20. The first-order chi connectivity index (χ1) is 7.93. The molecular weight excluding hydrogens is 202 g/mol. The van der Waals surface area contributed by atoms with E-state index in [0.717, 1.165) is 45.1 Å². The molecule has 0 aromatic heterocycles. The maximum Gasteiger partial charge on any atom is 0.124 e. The molecule has 3 rings (SSSR count). The van der Waals surface area contributed by atoms with E-state index in [4.69, 9.17) is 9.47 Å². The highest BCUT2D eigenvalue weighted by molar-refractivity contribution is 5.41. The lowest BCUT2D eigenvalue weighted by Crippen LogP contribution is -2.33. The fourth-order valence-corrected chi connectivity index (χ4v) is 2.21. The van der Waals surface area contributed by atoms with Gasteiger partial charge in [0.15, 0.2) is 0 Å². The lowest BCUT2D eigenvalue weighted by molar-refractivity contribution is -0.0509. The minimum atomic E-state index is 0.590. The molecule has 1 saturated heterocycles. The summed E-state index contributed by atoms with van der Waals surface area (Å²) in [5.41, 5.74) is 2.77. The van der Waals surface area contributed by atoms with Crippen LogP contribution >= 0.6 is 0 Å². The molecule has 1 fully saturated rings. The van der Waals surface area contributed by atoms with E-state index in [1.165, 1.54) is 11.1 Å². The summed E-state index contributed by atoms with van der Waals surface area (Å²) in [4.78, 5) is 0. The number of rotatable bonds is 3. The zero-order valence-electron chi connectivity index (χ0n) is 9.37. The van der Waals surface area contributed by atoms with E-state index in [2.05, 4.69) is 23.5 Å². The van der Waals surface area contributed by atoms with Crippen molar-refractivity contribution in [2.45, 2.75) is 13.0 Å². The average Bonchev–Trinajstić information content (AvgIpc) is 2.27. The first-order valence-corrected chi connectivity index (χ1v) is 5.95. The molecule has 0 bridgehead atoms. The number of ether oxygens (including phenoxy) is 2. The second kappa shape index (κ2) is 4.44. The Balaban J connectivity index is 1.72. The maximum atomic E-state index is 5.89. The Bertz CT molecular complexity index is 374. The summed E-state index contributed by atoms with van der Waals surface area (Å²) in [5, 5.41) is 3.39. The second-order valence-corrected chi connectivity index (χ2v) is 4.54. The smallest absolute Gasteiger partial charge is 0.124 e. The van der Waals surface area contributed by atoms with Crippen LogP contribution in [-0.4, -0.2) is 26.4 Å². The summed E-state index contributed by atoms with van der Waals surface area (Å²) in [7, 11) is 0. The van der Waals surface area contributed by atoms with Crippen molar-refractivity contribution >= 4 is 0 Å². The molecule has 0 unspecified atom stereocenters. The Labute approximate surface area is 95.8 Å². The van der Waals surface area contributed by atoms with Gasteiger partial charge in [-0.15, -0.1) is 0 Å². The van der Waals surface area contributed by atoms with Crippen LogP contribution in [0.1, 0.15) is 11.1 Å². The van der Waals surface area contributed by atoms with Gasteiger partial charge in [0, 0.05) is 18.0 Å². The van der Waals surface area contributed by atoms with Crippen molar-refractivity contribution in [1.82, 2.24) is 5.32 Å². The zero-order valence-corrected chi connectivity index (χ0v) is 9.37. The summed E-state index contributed by atoms with van der Waals surface area (Å²) >= 11 is 0. The molecule has 86 valence electrons. The summed E-state index contributed by atoms with van der Waals surface area (Å²) in [6, 6.07) is 6.37. The Morgan fingerprint density at radius 3 is 3.12 bits per heavy atom. The van der Waals surface area contributed by atoms with Gasteiger partial charge in [0.25, 0.3) is 0 Å². The summed E-state index contributed by atoms with van der Waals surface area (Å²) < 4.78 is 11.0. The summed E-state index contributed by atoms with van der Waals surface area (Å²) in [6.45, 7) is 4.51. The Hall–Kier alpha value is -1.06. The molecular formula is C13H17NO2. The molecule has 0 atom stereocenters. The van der Waals surface area contributed by atoms with Gasteiger partial charge in [-0.25, -0.2) is 0 Å².